The SMILES string of the molecule is Cn1cc(/C(=C\c2[nH]nc3ncccc23)C(N)=O)c2cc(Br)ccc21. The Labute approximate surface area is 151 Å². The van der Waals surface area contributed by atoms with Crippen LogP contribution in [0.25, 0.3) is 33.6 Å². The molecule has 0 radical (unpaired) electrons. The Morgan fingerprint density at radius 2 is 2.16 bits per heavy atom. The molecule has 0 bridgehead atoms. The molecular weight excluding hydrogens is 382 g/mol. The van der Waals surface area contributed by atoms with Crippen molar-refractivity contribution >= 4 is 55.4 Å². The second-order valence-corrected chi connectivity index (χ2v) is 6.66. The lowest BCUT2D eigenvalue weighted by Crippen LogP contribution is -2.12. The summed E-state index contributed by atoms with van der Waals surface area (Å²) in [5.74, 6) is -0.501. The molecule has 4 rings (SSSR count). The van der Waals surface area contributed by atoms with Crippen molar-refractivity contribution in [2.24, 2.45) is 12.8 Å². The van der Waals surface area contributed by atoms with Gasteiger partial charge in [0, 0.05) is 45.8 Å². The number of nitrogens with one attached hydrogen (secondary N) is 1. The predicted octanol–water partition coefficient (Wildman–Crippen LogP) is 3.24. The quantitative estimate of drug-likeness (QED) is 0.521. The van der Waals surface area contributed by atoms with E-state index in [1.165, 1.54) is 0 Å². The number of halogens is 1. The van der Waals surface area contributed by atoms with Gasteiger partial charge in [-0.3, -0.25) is 9.89 Å². The Kier molecular flexibility index (Phi) is 3.65. The van der Waals surface area contributed by atoms with Crippen LogP contribution in [0, 0.1) is 0 Å². The van der Waals surface area contributed by atoms with Crippen LogP contribution in [-0.4, -0.2) is 25.7 Å². The van der Waals surface area contributed by atoms with Crippen molar-refractivity contribution in [3.63, 3.8) is 0 Å². The van der Waals surface area contributed by atoms with Crippen LogP contribution in [0.1, 0.15) is 11.3 Å². The third-order valence-electron chi connectivity index (χ3n) is 4.15. The summed E-state index contributed by atoms with van der Waals surface area (Å²) < 4.78 is 2.91. The lowest BCUT2D eigenvalue weighted by Gasteiger charge is -2.02. The number of rotatable bonds is 3. The molecule has 0 aliphatic carbocycles. The van der Waals surface area contributed by atoms with Gasteiger partial charge in [0.1, 0.15) is 0 Å². The van der Waals surface area contributed by atoms with Crippen LogP contribution in [0.3, 0.4) is 0 Å². The zero-order chi connectivity index (χ0) is 17.6. The first kappa shape index (κ1) is 15.6. The lowest BCUT2D eigenvalue weighted by molar-refractivity contribution is -0.112. The van der Waals surface area contributed by atoms with Gasteiger partial charge in [0.2, 0.25) is 5.91 Å². The number of benzene rings is 1. The first-order chi connectivity index (χ1) is 12.0. The molecule has 7 heteroatoms. The number of fused-ring (bicyclic) bond motifs is 2. The maximum absolute atomic E-state index is 12.2. The van der Waals surface area contributed by atoms with E-state index in [1.807, 2.05) is 48.1 Å². The molecule has 124 valence electrons. The van der Waals surface area contributed by atoms with E-state index in [2.05, 4.69) is 31.1 Å². The highest BCUT2D eigenvalue weighted by molar-refractivity contribution is 9.10. The van der Waals surface area contributed by atoms with Crippen molar-refractivity contribution in [3.05, 3.63) is 58.5 Å². The second-order valence-electron chi connectivity index (χ2n) is 5.75. The summed E-state index contributed by atoms with van der Waals surface area (Å²) in [5.41, 5.74) is 9.19. The molecule has 3 aromatic heterocycles. The van der Waals surface area contributed by atoms with Gasteiger partial charge in [-0.2, -0.15) is 5.10 Å². The molecule has 0 spiro atoms. The van der Waals surface area contributed by atoms with Crippen LogP contribution >= 0.6 is 15.9 Å². The number of primary amides is 1. The van der Waals surface area contributed by atoms with E-state index < -0.39 is 5.91 Å². The number of aryl methyl sites for hydroxylation is 1. The molecule has 25 heavy (non-hydrogen) atoms. The fourth-order valence-corrected chi connectivity index (χ4v) is 3.35. The van der Waals surface area contributed by atoms with E-state index in [4.69, 9.17) is 5.73 Å². The fourth-order valence-electron chi connectivity index (χ4n) is 2.98. The first-order valence-corrected chi connectivity index (χ1v) is 8.39. The highest BCUT2D eigenvalue weighted by Gasteiger charge is 2.17. The molecule has 4 aromatic rings. The molecule has 0 atom stereocenters. The van der Waals surface area contributed by atoms with E-state index in [9.17, 15) is 4.79 Å². The maximum atomic E-state index is 12.2. The number of hydrogen-bond acceptors (Lipinski definition) is 3. The monoisotopic (exact) mass is 395 g/mol. The van der Waals surface area contributed by atoms with Crippen molar-refractivity contribution in [2.75, 3.05) is 0 Å². The van der Waals surface area contributed by atoms with Crippen molar-refractivity contribution in [2.45, 2.75) is 0 Å². The highest BCUT2D eigenvalue weighted by atomic mass is 79.9. The molecule has 3 N–H and O–H groups in total. The molecule has 0 saturated carbocycles. The van der Waals surface area contributed by atoms with E-state index in [0.717, 1.165) is 26.3 Å². The van der Waals surface area contributed by atoms with Gasteiger partial charge in [0.15, 0.2) is 5.65 Å². The Morgan fingerprint density at radius 1 is 1.32 bits per heavy atom. The van der Waals surface area contributed by atoms with Crippen molar-refractivity contribution < 1.29 is 4.79 Å². The Balaban J connectivity index is 1.97. The molecule has 1 aromatic carbocycles. The molecule has 0 aliphatic heterocycles. The zero-order valence-electron chi connectivity index (χ0n) is 13.3. The molecule has 0 aliphatic rings. The maximum Gasteiger partial charge on any atom is 0.249 e. The van der Waals surface area contributed by atoms with E-state index >= 15 is 0 Å². The van der Waals surface area contributed by atoms with Gasteiger partial charge in [-0.05, 0) is 36.4 Å². The minimum absolute atomic E-state index is 0.415. The number of nitrogens with two attached hydrogens (primary N) is 1. The summed E-state index contributed by atoms with van der Waals surface area (Å²) in [6.07, 6.45) is 5.31. The smallest absolute Gasteiger partial charge is 0.249 e. The summed E-state index contributed by atoms with van der Waals surface area (Å²) >= 11 is 3.49. The fraction of sp³-hybridized carbons (Fsp3) is 0.0556. The Morgan fingerprint density at radius 3 is 2.96 bits per heavy atom. The molecular formula is C18H14BrN5O. The summed E-state index contributed by atoms with van der Waals surface area (Å²) in [4.78, 5) is 16.4. The molecule has 0 unspecified atom stereocenters. The van der Waals surface area contributed by atoms with Crippen LogP contribution in [0.5, 0.6) is 0 Å². The van der Waals surface area contributed by atoms with Crippen LogP contribution < -0.4 is 5.73 Å². The summed E-state index contributed by atoms with van der Waals surface area (Å²) in [5, 5.41) is 8.87. The van der Waals surface area contributed by atoms with Crippen molar-refractivity contribution in [3.8, 4) is 0 Å². The van der Waals surface area contributed by atoms with E-state index in [0.29, 0.717) is 16.9 Å². The standard InChI is InChI=1S/C18H14BrN5O/c1-24-9-14(12-7-10(19)4-5-16(12)24)13(17(20)25)8-15-11-3-2-6-21-18(11)23-22-15/h2-9H,1H3,(H2,20,25)(H,21,22,23)/b13-8+. The third-order valence-corrected chi connectivity index (χ3v) is 4.65. The normalized spacial score (nSPS) is 12.2. The number of carbonyl (C=O) groups excluding carboxylic acids is 1. The predicted molar refractivity (Wildman–Crippen MR) is 102 cm³/mol. The second kappa shape index (κ2) is 5.86. The molecule has 1 amide bonds. The van der Waals surface area contributed by atoms with Crippen LogP contribution in [0.4, 0.5) is 0 Å². The first-order valence-electron chi connectivity index (χ1n) is 7.60. The number of aromatic nitrogens is 4. The number of H-pyrrole nitrogens is 1. The van der Waals surface area contributed by atoms with Gasteiger partial charge in [0.05, 0.1) is 11.3 Å². The van der Waals surface area contributed by atoms with Gasteiger partial charge in [-0.25, -0.2) is 4.98 Å². The van der Waals surface area contributed by atoms with E-state index in [1.54, 1.807) is 12.3 Å². The Hall–Kier alpha value is -2.93. The average molecular weight is 396 g/mol. The number of aromatic amines is 1. The topological polar surface area (TPSA) is 89.6 Å². The van der Waals surface area contributed by atoms with Gasteiger partial charge in [-0.1, -0.05) is 15.9 Å². The van der Waals surface area contributed by atoms with E-state index in [-0.39, 0.29) is 0 Å². The van der Waals surface area contributed by atoms with Gasteiger partial charge in [0.25, 0.3) is 0 Å². The number of carbonyl (C=O) groups is 1. The zero-order valence-corrected chi connectivity index (χ0v) is 14.9. The molecule has 3 heterocycles. The minimum Gasteiger partial charge on any atom is -0.366 e. The minimum atomic E-state index is -0.501. The molecule has 0 fully saturated rings. The van der Waals surface area contributed by atoms with Gasteiger partial charge < -0.3 is 10.3 Å². The largest absolute Gasteiger partial charge is 0.366 e. The molecule has 6 nitrogen and oxygen atoms in total. The Bertz CT molecular complexity index is 1150. The number of amides is 1. The van der Waals surface area contributed by atoms with Gasteiger partial charge in [-0.15, -0.1) is 0 Å². The average Bonchev–Trinajstić information content (AvgIpc) is 3.14. The van der Waals surface area contributed by atoms with Crippen LogP contribution in [0.15, 0.2) is 47.2 Å². The molecule has 0 saturated heterocycles. The highest BCUT2D eigenvalue weighted by Crippen LogP contribution is 2.31. The van der Waals surface area contributed by atoms with Crippen molar-refractivity contribution in [1.82, 2.24) is 19.7 Å². The lowest BCUT2D eigenvalue weighted by atomic mass is 10.0. The van der Waals surface area contributed by atoms with Crippen molar-refractivity contribution in [1.29, 1.82) is 0 Å². The van der Waals surface area contributed by atoms with Crippen LogP contribution in [-0.2, 0) is 11.8 Å². The number of pyridine rings is 1. The van der Waals surface area contributed by atoms with Gasteiger partial charge >= 0.3 is 0 Å². The number of nitrogens with zero attached hydrogens (tertiary/aromatic N) is 3. The summed E-state index contributed by atoms with van der Waals surface area (Å²) in [6, 6.07) is 9.67. The number of hydrogen-bond donors (Lipinski definition) is 2. The third kappa shape index (κ3) is 2.62. The summed E-state index contributed by atoms with van der Waals surface area (Å²) in [6.45, 7) is 0. The summed E-state index contributed by atoms with van der Waals surface area (Å²) in [7, 11) is 1.94. The van der Waals surface area contributed by atoms with Crippen LogP contribution in [0.2, 0.25) is 0 Å².